The van der Waals surface area contributed by atoms with Gasteiger partial charge in [-0.3, -0.25) is 14.8 Å². The van der Waals surface area contributed by atoms with Crippen molar-refractivity contribution in [3.63, 3.8) is 0 Å². The second-order valence-electron chi connectivity index (χ2n) is 2.67. The van der Waals surface area contributed by atoms with Crippen molar-refractivity contribution in [2.24, 2.45) is 0 Å². The number of allylic oxidation sites excluding steroid dienone is 1. The van der Waals surface area contributed by atoms with Gasteiger partial charge in [-0.25, -0.2) is 9.48 Å². The SMILES string of the molecule is C=CCn1nnc2c(=O)[nH]c(=O)[nH]c21. The maximum Gasteiger partial charge on any atom is 0.327 e. The van der Waals surface area contributed by atoms with Gasteiger partial charge < -0.3 is 0 Å². The van der Waals surface area contributed by atoms with Gasteiger partial charge in [0.25, 0.3) is 5.56 Å². The van der Waals surface area contributed by atoms with Crippen LogP contribution in [-0.4, -0.2) is 25.0 Å². The molecular formula is C7H7N5O2. The summed E-state index contributed by atoms with van der Waals surface area (Å²) in [4.78, 5) is 26.7. The molecular weight excluding hydrogens is 186 g/mol. The highest BCUT2D eigenvalue weighted by molar-refractivity contribution is 5.67. The largest absolute Gasteiger partial charge is 0.327 e. The molecule has 0 aliphatic rings. The topological polar surface area (TPSA) is 96.4 Å². The van der Waals surface area contributed by atoms with Crippen LogP contribution in [0.5, 0.6) is 0 Å². The van der Waals surface area contributed by atoms with Gasteiger partial charge in [0, 0.05) is 0 Å². The zero-order valence-corrected chi connectivity index (χ0v) is 7.15. The van der Waals surface area contributed by atoms with Crippen molar-refractivity contribution in [3.8, 4) is 0 Å². The van der Waals surface area contributed by atoms with E-state index in [1.807, 2.05) is 0 Å². The predicted octanol–water partition coefficient (Wildman–Crippen LogP) is -1.01. The number of H-pyrrole nitrogens is 2. The fourth-order valence-electron chi connectivity index (χ4n) is 1.14. The highest BCUT2D eigenvalue weighted by Crippen LogP contribution is 1.98. The summed E-state index contributed by atoms with van der Waals surface area (Å²) in [6, 6.07) is 0. The zero-order chi connectivity index (χ0) is 10.1. The highest BCUT2D eigenvalue weighted by Gasteiger charge is 2.07. The number of rotatable bonds is 2. The van der Waals surface area contributed by atoms with Crippen LogP contribution < -0.4 is 11.2 Å². The van der Waals surface area contributed by atoms with E-state index in [4.69, 9.17) is 0 Å². The number of aromatic amines is 2. The molecule has 0 bridgehead atoms. The van der Waals surface area contributed by atoms with Crippen LogP contribution in [0.15, 0.2) is 22.2 Å². The molecule has 2 heterocycles. The molecule has 0 atom stereocenters. The molecule has 72 valence electrons. The van der Waals surface area contributed by atoms with Crippen LogP contribution in [0.4, 0.5) is 0 Å². The van der Waals surface area contributed by atoms with Crippen molar-refractivity contribution in [2.45, 2.75) is 6.54 Å². The Morgan fingerprint density at radius 3 is 2.93 bits per heavy atom. The Bertz CT molecular complexity index is 590. The monoisotopic (exact) mass is 193 g/mol. The second-order valence-corrected chi connectivity index (χ2v) is 2.67. The number of aromatic nitrogens is 5. The third-order valence-electron chi connectivity index (χ3n) is 1.71. The van der Waals surface area contributed by atoms with Crippen LogP contribution in [0, 0.1) is 0 Å². The molecule has 7 heteroatoms. The molecule has 0 aromatic carbocycles. The summed E-state index contributed by atoms with van der Waals surface area (Å²) in [7, 11) is 0. The molecule has 0 aliphatic heterocycles. The lowest BCUT2D eigenvalue weighted by molar-refractivity contribution is 0.676. The number of hydrogen-bond acceptors (Lipinski definition) is 4. The van der Waals surface area contributed by atoms with Gasteiger partial charge in [-0.2, -0.15) is 0 Å². The van der Waals surface area contributed by atoms with Crippen LogP contribution in [0.3, 0.4) is 0 Å². The van der Waals surface area contributed by atoms with Crippen molar-refractivity contribution < 1.29 is 0 Å². The Balaban J connectivity index is 2.85. The minimum atomic E-state index is -0.574. The number of hydrogen-bond donors (Lipinski definition) is 2. The Morgan fingerprint density at radius 2 is 2.21 bits per heavy atom. The fraction of sp³-hybridized carbons (Fsp3) is 0.143. The lowest BCUT2D eigenvalue weighted by Crippen LogP contribution is -2.22. The lowest BCUT2D eigenvalue weighted by Gasteiger charge is -1.94. The molecule has 0 saturated carbocycles. The molecule has 0 fully saturated rings. The van der Waals surface area contributed by atoms with E-state index in [-0.39, 0.29) is 5.52 Å². The summed E-state index contributed by atoms with van der Waals surface area (Å²) in [5.74, 6) is 0. The molecule has 2 N–H and O–H groups in total. The first-order valence-electron chi connectivity index (χ1n) is 3.89. The van der Waals surface area contributed by atoms with Crippen LogP contribution in [0.25, 0.3) is 11.2 Å². The van der Waals surface area contributed by atoms with E-state index in [0.717, 1.165) is 0 Å². The third-order valence-corrected chi connectivity index (χ3v) is 1.71. The molecule has 0 saturated heterocycles. The fourth-order valence-corrected chi connectivity index (χ4v) is 1.14. The summed E-state index contributed by atoms with van der Waals surface area (Å²) < 4.78 is 1.39. The van der Waals surface area contributed by atoms with E-state index in [9.17, 15) is 9.59 Å². The van der Waals surface area contributed by atoms with E-state index in [0.29, 0.717) is 12.2 Å². The first-order chi connectivity index (χ1) is 6.72. The normalized spacial score (nSPS) is 10.6. The van der Waals surface area contributed by atoms with Gasteiger partial charge in [0.2, 0.25) is 0 Å². The smallest absolute Gasteiger partial charge is 0.290 e. The van der Waals surface area contributed by atoms with Gasteiger partial charge in [-0.05, 0) is 0 Å². The average Bonchev–Trinajstić information content (AvgIpc) is 2.49. The van der Waals surface area contributed by atoms with Crippen molar-refractivity contribution in [1.29, 1.82) is 0 Å². The van der Waals surface area contributed by atoms with E-state index in [1.54, 1.807) is 6.08 Å². The average molecular weight is 193 g/mol. The predicted molar refractivity (Wildman–Crippen MR) is 49.0 cm³/mol. The maximum atomic E-state index is 11.2. The van der Waals surface area contributed by atoms with Gasteiger partial charge in [-0.15, -0.1) is 11.7 Å². The Labute approximate surface area is 77.1 Å². The van der Waals surface area contributed by atoms with E-state index in [1.165, 1.54) is 4.68 Å². The molecule has 0 unspecified atom stereocenters. The minimum absolute atomic E-state index is 0.117. The maximum absolute atomic E-state index is 11.2. The number of fused-ring (bicyclic) bond motifs is 1. The van der Waals surface area contributed by atoms with Gasteiger partial charge in [-0.1, -0.05) is 11.3 Å². The summed E-state index contributed by atoms with van der Waals surface area (Å²) in [6.07, 6.45) is 1.59. The summed E-state index contributed by atoms with van der Waals surface area (Å²) >= 11 is 0. The van der Waals surface area contributed by atoms with Gasteiger partial charge in [0.15, 0.2) is 11.2 Å². The molecule has 0 amide bonds. The van der Waals surface area contributed by atoms with Crippen LogP contribution >= 0.6 is 0 Å². The minimum Gasteiger partial charge on any atom is -0.290 e. The van der Waals surface area contributed by atoms with E-state index < -0.39 is 11.2 Å². The van der Waals surface area contributed by atoms with Crippen molar-refractivity contribution in [1.82, 2.24) is 25.0 Å². The quantitative estimate of drug-likeness (QED) is 0.597. The van der Waals surface area contributed by atoms with Gasteiger partial charge >= 0.3 is 5.69 Å². The van der Waals surface area contributed by atoms with E-state index in [2.05, 4.69) is 26.9 Å². The number of nitrogens with zero attached hydrogens (tertiary/aromatic N) is 3. The third kappa shape index (κ3) is 1.15. The first-order valence-corrected chi connectivity index (χ1v) is 3.89. The molecule has 2 aromatic heterocycles. The lowest BCUT2D eigenvalue weighted by atomic mass is 10.5. The Morgan fingerprint density at radius 1 is 1.43 bits per heavy atom. The van der Waals surface area contributed by atoms with Gasteiger partial charge in [0.1, 0.15) is 0 Å². The van der Waals surface area contributed by atoms with Crippen LogP contribution in [-0.2, 0) is 6.54 Å². The Hall–Kier alpha value is -2.18. The van der Waals surface area contributed by atoms with Crippen molar-refractivity contribution in [2.75, 3.05) is 0 Å². The van der Waals surface area contributed by atoms with E-state index >= 15 is 0 Å². The molecule has 0 aliphatic carbocycles. The Kier molecular flexibility index (Phi) is 1.77. The highest BCUT2D eigenvalue weighted by atomic mass is 16.2. The summed E-state index contributed by atoms with van der Waals surface area (Å²) in [6.45, 7) is 3.91. The molecule has 2 aromatic rings. The number of nitrogens with one attached hydrogen (secondary N) is 2. The summed E-state index contributed by atoms with van der Waals surface area (Å²) in [5, 5.41) is 7.32. The molecule has 0 radical (unpaired) electrons. The zero-order valence-electron chi connectivity index (χ0n) is 7.15. The summed E-state index contributed by atoms with van der Waals surface area (Å²) in [5.41, 5.74) is -0.695. The molecule has 0 spiro atoms. The molecule has 7 nitrogen and oxygen atoms in total. The van der Waals surface area contributed by atoms with Crippen molar-refractivity contribution in [3.05, 3.63) is 33.5 Å². The van der Waals surface area contributed by atoms with Crippen LogP contribution in [0.2, 0.25) is 0 Å². The molecule has 2 rings (SSSR count). The molecule has 14 heavy (non-hydrogen) atoms. The van der Waals surface area contributed by atoms with Gasteiger partial charge in [0.05, 0.1) is 6.54 Å². The van der Waals surface area contributed by atoms with Crippen LogP contribution in [0.1, 0.15) is 0 Å². The van der Waals surface area contributed by atoms with Crippen molar-refractivity contribution >= 4 is 11.2 Å². The first kappa shape index (κ1) is 8.42. The standard InChI is InChI=1S/C7H7N5O2/c1-2-3-12-5-4(10-11-12)6(13)9-7(14)8-5/h2H,1,3H2,(H2,8,9,13,14). The second kappa shape index (κ2) is 2.95.